The van der Waals surface area contributed by atoms with E-state index in [1.807, 2.05) is 38.1 Å². The van der Waals surface area contributed by atoms with E-state index in [0.717, 1.165) is 10.0 Å². The summed E-state index contributed by atoms with van der Waals surface area (Å²) in [6.45, 7) is 4.58. The van der Waals surface area contributed by atoms with Crippen molar-refractivity contribution in [3.63, 3.8) is 0 Å². The average molecular weight is 286 g/mol. The lowest BCUT2D eigenvalue weighted by atomic mass is 10.2. The molecule has 0 aliphatic carbocycles. The first-order chi connectivity index (χ1) is 7.58. The van der Waals surface area contributed by atoms with Crippen molar-refractivity contribution in [2.45, 2.75) is 26.5 Å². The van der Waals surface area contributed by atoms with E-state index >= 15 is 0 Å². The Morgan fingerprint density at radius 3 is 2.88 bits per heavy atom. The highest BCUT2D eigenvalue weighted by Gasteiger charge is 2.04. The highest BCUT2D eigenvalue weighted by Crippen LogP contribution is 2.11. The van der Waals surface area contributed by atoms with Crippen LogP contribution in [0.1, 0.15) is 19.4 Å². The number of carbonyl (C=O) groups excluding carboxylic acids is 1. The maximum atomic E-state index is 11.2. The highest BCUT2D eigenvalue weighted by molar-refractivity contribution is 9.10. The van der Waals surface area contributed by atoms with Gasteiger partial charge in [-0.3, -0.25) is 4.79 Å². The van der Waals surface area contributed by atoms with Crippen molar-refractivity contribution in [2.75, 3.05) is 6.54 Å². The van der Waals surface area contributed by atoms with Gasteiger partial charge in [0.25, 0.3) is 0 Å². The monoisotopic (exact) mass is 285 g/mol. The van der Waals surface area contributed by atoms with Crippen LogP contribution in [-0.4, -0.2) is 18.6 Å². The molecule has 0 saturated carbocycles. The smallest absolute Gasteiger partial charge is 0.320 e. The van der Waals surface area contributed by atoms with E-state index in [2.05, 4.69) is 21.2 Å². The van der Waals surface area contributed by atoms with Crippen molar-refractivity contribution in [1.82, 2.24) is 5.32 Å². The lowest BCUT2D eigenvalue weighted by Crippen LogP contribution is -2.26. The molecule has 3 nitrogen and oxygen atoms in total. The van der Waals surface area contributed by atoms with Crippen molar-refractivity contribution in [1.29, 1.82) is 0 Å². The summed E-state index contributed by atoms with van der Waals surface area (Å²) in [5.74, 6) is -0.218. The zero-order valence-electron chi connectivity index (χ0n) is 9.50. The van der Waals surface area contributed by atoms with Crippen LogP contribution in [0.15, 0.2) is 28.7 Å². The zero-order chi connectivity index (χ0) is 12.0. The van der Waals surface area contributed by atoms with E-state index in [0.29, 0.717) is 6.54 Å². The topological polar surface area (TPSA) is 38.3 Å². The predicted molar refractivity (Wildman–Crippen MR) is 67.1 cm³/mol. The minimum Gasteiger partial charge on any atom is -0.462 e. The first-order valence-electron chi connectivity index (χ1n) is 5.22. The van der Waals surface area contributed by atoms with Crippen LogP contribution in [0.3, 0.4) is 0 Å². The molecule has 0 spiro atoms. The molecule has 1 N–H and O–H groups in total. The van der Waals surface area contributed by atoms with Gasteiger partial charge in [-0.1, -0.05) is 28.1 Å². The van der Waals surface area contributed by atoms with E-state index < -0.39 is 0 Å². The lowest BCUT2D eigenvalue weighted by Gasteiger charge is -2.08. The second-order valence-electron chi connectivity index (χ2n) is 3.77. The molecule has 0 bridgehead atoms. The molecule has 0 unspecified atom stereocenters. The fraction of sp³-hybridized carbons (Fsp3) is 0.417. The van der Waals surface area contributed by atoms with Gasteiger partial charge in [-0.05, 0) is 31.5 Å². The van der Waals surface area contributed by atoms with Crippen molar-refractivity contribution in [2.24, 2.45) is 0 Å². The summed E-state index contributed by atoms with van der Waals surface area (Å²) in [6.07, 6.45) is -0.0554. The standard InChI is InChI=1S/C12H16BrNO2/c1-9(2)16-12(15)8-14-7-10-4-3-5-11(13)6-10/h3-6,9,14H,7-8H2,1-2H3. The SMILES string of the molecule is CC(C)OC(=O)CNCc1cccc(Br)c1. The number of halogens is 1. The largest absolute Gasteiger partial charge is 0.462 e. The van der Waals surface area contributed by atoms with Gasteiger partial charge in [0, 0.05) is 11.0 Å². The summed E-state index contributed by atoms with van der Waals surface area (Å²) < 4.78 is 6.04. The molecular weight excluding hydrogens is 270 g/mol. The van der Waals surface area contributed by atoms with E-state index in [9.17, 15) is 4.79 Å². The third kappa shape index (κ3) is 5.28. The summed E-state index contributed by atoms with van der Waals surface area (Å²) in [7, 11) is 0. The summed E-state index contributed by atoms with van der Waals surface area (Å²) >= 11 is 3.40. The van der Waals surface area contributed by atoms with Gasteiger partial charge in [-0.25, -0.2) is 0 Å². The summed E-state index contributed by atoms with van der Waals surface area (Å²) in [5.41, 5.74) is 1.13. The third-order valence-corrected chi connectivity index (χ3v) is 2.35. The third-order valence-electron chi connectivity index (χ3n) is 1.85. The van der Waals surface area contributed by atoms with E-state index in [4.69, 9.17) is 4.74 Å². The van der Waals surface area contributed by atoms with Gasteiger partial charge in [-0.15, -0.1) is 0 Å². The molecule has 4 heteroatoms. The quantitative estimate of drug-likeness (QED) is 0.845. The first-order valence-corrected chi connectivity index (χ1v) is 6.02. The number of carbonyl (C=O) groups is 1. The van der Waals surface area contributed by atoms with E-state index in [1.165, 1.54) is 0 Å². The molecule has 0 aliphatic heterocycles. The average Bonchev–Trinajstić information content (AvgIpc) is 2.16. The molecule has 0 amide bonds. The second-order valence-corrected chi connectivity index (χ2v) is 4.69. The molecule has 0 aliphatic rings. The molecule has 0 saturated heterocycles. The van der Waals surface area contributed by atoms with Crippen LogP contribution in [0.4, 0.5) is 0 Å². The Labute approximate surface area is 104 Å². The molecule has 1 aromatic carbocycles. The molecule has 0 aromatic heterocycles. The van der Waals surface area contributed by atoms with Crippen LogP contribution in [0.25, 0.3) is 0 Å². The van der Waals surface area contributed by atoms with Crippen LogP contribution < -0.4 is 5.32 Å². The predicted octanol–water partition coefficient (Wildman–Crippen LogP) is 2.49. The number of hydrogen-bond acceptors (Lipinski definition) is 3. The number of esters is 1. The van der Waals surface area contributed by atoms with Gasteiger partial charge < -0.3 is 10.1 Å². The summed E-state index contributed by atoms with van der Waals surface area (Å²) in [5, 5.41) is 3.04. The van der Waals surface area contributed by atoms with Gasteiger partial charge >= 0.3 is 5.97 Å². The minimum atomic E-state index is -0.218. The van der Waals surface area contributed by atoms with Gasteiger partial charge in [0.1, 0.15) is 0 Å². The number of hydrogen-bond donors (Lipinski definition) is 1. The summed E-state index contributed by atoms with van der Waals surface area (Å²) in [4.78, 5) is 11.2. The van der Waals surface area contributed by atoms with Crippen molar-refractivity contribution < 1.29 is 9.53 Å². The van der Waals surface area contributed by atoms with Gasteiger partial charge in [0.15, 0.2) is 0 Å². The maximum Gasteiger partial charge on any atom is 0.320 e. The number of nitrogens with one attached hydrogen (secondary N) is 1. The van der Waals surface area contributed by atoms with Crippen LogP contribution in [0.5, 0.6) is 0 Å². The minimum absolute atomic E-state index is 0.0554. The molecule has 1 rings (SSSR count). The normalized spacial score (nSPS) is 10.5. The molecule has 0 fully saturated rings. The zero-order valence-corrected chi connectivity index (χ0v) is 11.1. The molecule has 16 heavy (non-hydrogen) atoms. The van der Waals surface area contributed by atoms with Crippen LogP contribution >= 0.6 is 15.9 Å². The molecule has 0 heterocycles. The molecule has 0 radical (unpaired) electrons. The number of rotatable bonds is 5. The Hall–Kier alpha value is -0.870. The van der Waals surface area contributed by atoms with Gasteiger partial charge in [-0.2, -0.15) is 0 Å². The second kappa shape index (κ2) is 6.66. The lowest BCUT2D eigenvalue weighted by molar-refractivity contribution is -0.146. The van der Waals surface area contributed by atoms with Crippen molar-refractivity contribution in [3.8, 4) is 0 Å². The molecule has 88 valence electrons. The van der Waals surface area contributed by atoms with Crippen molar-refractivity contribution in [3.05, 3.63) is 34.3 Å². The number of ether oxygens (including phenoxy) is 1. The summed E-state index contributed by atoms with van der Waals surface area (Å²) in [6, 6.07) is 7.95. The highest BCUT2D eigenvalue weighted by atomic mass is 79.9. The molecular formula is C12H16BrNO2. The van der Waals surface area contributed by atoms with E-state index in [-0.39, 0.29) is 18.6 Å². The molecule has 0 atom stereocenters. The van der Waals surface area contributed by atoms with Crippen molar-refractivity contribution >= 4 is 21.9 Å². The van der Waals surface area contributed by atoms with Crippen LogP contribution in [0, 0.1) is 0 Å². The fourth-order valence-electron chi connectivity index (χ4n) is 1.26. The maximum absolute atomic E-state index is 11.2. The fourth-order valence-corrected chi connectivity index (χ4v) is 1.71. The Morgan fingerprint density at radius 2 is 2.25 bits per heavy atom. The Kier molecular flexibility index (Phi) is 5.49. The molecule has 1 aromatic rings. The number of benzene rings is 1. The van der Waals surface area contributed by atoms with Gasteiger partial charge in [0.05, 0.1) is 12.6 Å². The van der Waals surface area contributed by atoms with Crippen LogP contribution in [-0.2, 0) is 16.1 Å². The Balaban J connectivity index is 2.28. The Morgan fingerprint density at radius 1 is 1.50 bits per heavy atom. The van der Waals surface area contributed by atoms with Gasteiger partial charge in [0.2, 0.25) is 0 Å². The Bertz CT molecular complexity index is 353. The van der Waals surface area contributed by atoms with E-state index in [1.54, 1.807) is 0 Å². The first kappa shape index (κ1) is 13.2. The van der Waals surface area contributed by atoms with Crippen LogP contribution in [0.2, 0.25) is 0 Å².